The van der Waals surface area contributed by atoms with Gasteiger partial charge in [-0.25, -0.2) is 13.1 Å². The van der Waals surface area contributed by atoms with E-state index in [1.54, 1.807) is 4.68 Å². The fourth-order valence-electron chi connectivity index (χ4n) is 2.95. The topological polar surface area (TPSA) is 81.1 Å². The molecule has 25 heavy (non-hydrogen) atoms. The first-order valence-electron chi connectivity index (χ1n) is 8.31. The highest BCUT2D eigenvalue weighted by molar-refractivity contribution is 7.90. The summed E-state index contributed by atoms with van der Waals surface area (Å²) in [5.41, 5.74) is 1.92. The van der Waals surface area contributed by atoms with Crippen LogP contribution in [0.5, 0.6) is 0 Å². The lowest BCUT2D eigenvalue weighted by Gasteiger charge is -2.23. The number of nitrogens with zero attached hydrogens (tertiary/aromatic N) is 2. The van der Waals surface area contributed by atoms with Crippen molar-refractivity contribution in [1.82, 2.24) is 9.78 Å². The summed E-state index contributed by atoms with van der Waals surface area (Å²) >= 11 is 0. The van der Waals surface area contributed by atoms with Gasteiger partial charge in [0, 0.05) is 12.0 Å². The predicted octanol–water partition coefficient (Wildman–Crippen LogP) is 2.64. The monoisotopic (exact) mass is 361 g/mol. The Morgan fingerprint density at radius 1 is 1.20 bits per heavy atom. The van der Waals surface area contributed by atoms with Crippen LogP contribution in [0.4, 0.5) is 5.82 Å². The third-order valence-electron chi connectivity index (χ3n) is 4.16. The second kappa shape index (κ2) is 6.29. The number of amides is 1. The Kier molecular flexibility index (Phi) is 4.45. The van der Waals surface area contributed by atoms with Gasteiger partial charge in [-0.15, -0.1) is 0 Å². The molecular weight excluding hydrogens is 338 g/mol. The molecule has 1 aromatic heterocycles. The molecule has 2 aromatic rings. The molecule has 3 rings (SSSR count). The number of anilines is 1. The second-order valence-corrected chi connectivity index (χ2v) is 9.49. The van der Waals surface area contributed by atoms with Crippen LogP contribution < -0.4 is 5.32 Å². The Labute approximate surface area is 148 Å². The average molecular weight is 361 g/mol. The zero-order chi connectivity index (χ0) is 18.2. The van der Waals surface area contributed by atoms with E-state index in [4.69, 9.17) is 0 Å². The van der Waals surface area contributed by atoms with Crippen LogP contribution in [0.1, 0.15) is 44.0 Å². The van der Waals surface area contributed by atoms with E-state index in [0.29, 0.717) is 29.9 Å². The van der Waals surface area contributed by atoms with Crippen LogP contribution in [0, 0.1) is 0 Å². The van der Waals surface area contributed by atoms with Crippen molar-refractivity contribution in [3.63, 3.8) is 0 Å². The van der Waals surface area contributed by atoms with Crippen LogP contribution in [0.15, 0.2) is 30.3 Å². The van der Waals surface area contributed by atoms with Gasteiger partial charge in [0.15, 0.2) is 9.84 Å². The first kappa shape index (κ1) is 17.7. The van der Waals surface area contributed by atoms with Crippen LogP contribution in [-0.4, -0.2) is 24.1 Å². The van der Waals surface area contributed by atoms with Gasteiger partial charge < -0.3 is 5.32 Å². The number of carbonyl (C=O) groups excluding carboxylic acids is 1. The van der Waals surface area contributed by atoms with Crippen LogP contribution in [-0.2, 0) is 38.1 Å². The number of fused-ring (bicyclic) bond motifs is 1. The smallest absolute Gasteiger partial charge is 0.225 e. The quantitative estimate of drug-likeness (QED) is 0.908. The molecule has 0 radical (unpaired) electrons. The Morgan fingerprint density at radius 3 is 2.52 bits per heavy atom. The minimum atomic E-state index is -3.17. The Hall–Kier alpha value is -2.15. The fourth-order valence-corrected chi connectivity index (χ4v) is 4.45. The average Bonchev–Trinajstić information content (AvgIpc) is 2.99. The molecule has 0 atom stereocenters. The maximum absolute atomic E-state index is 12.4. The molecule has 134 valence electrons. The third-order valence-corrected chi connectivity index (χ3v) is 5.61. The van der Waals surface area contributed by atoms with Crippen molar-refractivity contribution in [2.75, 3.05) is 5.32 Å². The second-order valence-electron chi connectivity index (χ2n) is 7.42. The number of benzene rings is 1. The number of aryl methyl sites for hydroxylation is 1. The van der Waals surface area contributed by atoms with Gasteiger partial charge in [-0.05, 0) is 32.8 Å². The van der Waals surface area contributed by atoms with E-state index in [-0.39, 0.29) is 23.0 Å². The zero-order valence-corrected chi connectivity index (χ0v) is 15.6. The molecule has 1 aliphatic heterocycles. The van der Waals surface area contributed by atoms with Gasteiger partial charge in [-0.3, -0.25) is 4.79 Å². The van der Waals surface area contributed by atoms with Crippen molar-refractivity contribution < 1.29 is 13.2 Å². The summed E-state index contributed by atoms with van der Waals surface area (Å²) in [4.78, 5) is 12.4. The highest BCUT2D eigenvalue weighted by Crippen LogP contribution is 2.34. The van der Waals surface area contributed by atoms with Gasteiger partial charge >= 0.3 is 0 Å². The summed E-state index contributed by atoms with van der Waals surface area (Å²) in [5, 5.41) is 7.35. The van der Waals surface area contributed by atoms with E-state index >= 15 is 0 Å². The molecule has 0 spiro atoms. The molecule has 1 N–H and O–H groups in total. The molecule has 0 unspecified atom stereocenters. The first-order chi connectivity index (χ1) is 11.7. The number of aromatic nitrogens is 2. The predicted molar refractivity (Wildman–Crippen MR) is 96.9 cm³/mol. The van der Waals surface area contributed by atoms with Crippen LogP contribution in [0.2, 0.25) is 0 Å². The van der Waals surface area contributed by atoms with E-state index in [1.807, 2.05) is 51.1 Å². The molecule has 1 aromatic carbocycles. The molecule has 0 fully saturated rings. The molecule has 1 amide bonds. The number of rotatable bonds is 4. The molecule has 0 bridgehead atoms. The summed E-state index contributed by atoms with van der Waals surface area (Å²) in [6, 6.07) is 9.79. The van der Waals surface area contributed by atoms with Crippen molar-refractivity contribution >= 4 is 21.6 Å². The molecule has 7 heteroatoms. The normalized spacial score (nSPS) is 15.8. The van der Waals surface area contributed by atoms with E-state index in [9.17, 15) is 13.2 Å². The van der Waals surface area contributed by atoms with Crippen LogP contribution >= 0.6 is 0 Å². The Morgan fingerprint density at radius 2 is 1.88 bits per heavy atom. The van der Waals surface area contributed by atoms with Gasteiger partial charge in [-0.2, -0.15) is 5.10 Å². The van der Waals surface area contributed by atoms with E-state index < -0.39 is 9.84 Å². The van der Waals surface area contributed by atoms with Crippen LogP contribution in [0.3, 0.4) is 0 Å². The molecule has 0 saturated carbocycles. The van der Waals surface area contributed by atoms with Gasteiger partial charge in [0.1, 0.15) is 5.82 Å². The van der Waals surface area contributed by atoms with E-state index in [2.05, 4.69) is 10.4 Å². The first-order valence-corrected chi connectivity index (χ1v) is 10.1. The Bertz CT molecular complexity index is 894. The summed E-state index contributed by atoms with van der Waals surface area (Å²) in [6.07, 6.45) is 0.970. The molecule has 0 aliphatic carbocycles. The van der Waals surface area contributed by atoms with Crippen molar-refractivity contribution in [2.24, 2.45) is 0 Å². The van der Waals surface area contributed by atoms with Crippen molar-refractivity contribution in [2.45, 2.75) is 50.7 Å². The lowest BCUT2D eigenvalue weighted by Crippen LogP contribution is -2.27. The summed E-state index contributed by atoms with van der Waals surface area (Å²) < 4.78 is 25.5. The SMILES string of the molecule is CC(C)(C)n1nc2c(c1NC(=O)CCc1ccccc1)CS(=O)(=O)C2. The fraction of sp³-hybridized carbons (Fsp3) is 0.444. The largest absolute Gasteiger partial charge is 0.311 e. The Balaban J connectivity index is 1.80. The zero-order valence-electron chi connectivity index (χ0n) is 14.7. The van der Waals surface area contributed by atoms with Crippen LogP contribution in [0.25, 0.3) is 0 Å². The highest BCUT2D eigenvalue weighted by Gasteiger charge is 2.35. The van der Waals surface area contributed by atoms with Gasteiger partial charge in [0.25, 0.3) is 0 Å². The summed E-state index contributed by atoms with van der Waals surface area (Å²) in [7, 11) is -3.17. The molecule has 2 heterocycles. The van der Waals surface area contributed by atoms with Crippen molar-refractivity contribution in [3.05, 3.63) is 47.2 Å². The minimum Gasteiger partial charge on any atom is -0.311 e. The van der Waals surface area contributed by atoms with Gasteiger partial charge in [0.05, 0.1) is 22.7 Å². The lowest BCUT2D eigenvalue weighted by atomic mass is 10.1. The summed E-state index contributed by atoms with van der Waals surface area (Å²) in [6.45, 7) is 5.93. The number of carbonyl (C=O) groups is 1. The van der Waals surface area contributed by atoms with Gasteiger partial charge in [0.2, 0.25) is 5.91 Å². The molecular formula is C18H23N3O3S. The van der Waals surface area contributed by atoms with Crippen molar-refractivity contribution in [3.8, 4) is 0 Å². The highest BCUT2D eigenvalue weighted by atomic mass is 32.2. The van der Waals surface area contributed by atoms with E-state index in [0.717, 1.165) is 5.56 Å². The number of hydrogen-bond acceptors (Lipinski definition) is 4. The van der Waals surface area contributed by atoms with Gasteiger partial charge in [-0.1, -0.05) is 30.3 Å². The maximum Gasteiger partial charge on any atom is 0.225 e. The standard InChI is InChI=1S/C18H23N3O3S/c1-18(2,3)21-17(14-11-25(23,24)12-15(14)20-21)19-16(22)10-9-13-7-5-4-6-8-13/h4-8H,9-12H2,1-3H3,(H,19,22). The molecule has 0 saturated heterocycles. The minimum absolute atomic E-state index is 0.0572. The number of sulfone groups is 1. The number of hydrogen-bond donors (Lipinski definition) is 1. The third kappa shape index (κ3) is 3.92. The number of nitrogens with one attached hydrogen (secondary N) is 1. The molecule has 1 aliphatic rings. The lowest BCUT2D eigenvalue weighted by molar-refractivity contribution is -0.116. The summed E-state index contributed by atoms with van der Waals surface area (Å²) in [5.74, 6) is 0.258. The maximum atomic E-state index is 12.4. The van der Waals surface area contributed by atoms with Crippen molar-refractivity contribution in [1.29, 1.82) is 0 Å². The van der Waals surface area contributed by atoms with E-state index in [1.165, 1.54) is 0 Å². The molecule has 6 nitrogen and oxygen atoms in total.